The van der Waals surface area contributed by atoms with E-state index in [2.05, 4.69) is 62.6 Å². The van der Waals surface area contributed by atoms with E-state index in [4.69, 9.17) is 0 Å². The summed E-state index contributed by atoms with van der Waals surface area (Å²) in [5, 5.41) is 10.7. The van der Waals surface area contributed by atoms with Crippen LogP contribution in [0.1, 0.15) is 63.9 Å². The van der Waals surface area contributed by atoms with E-state index in [0.29, 0.717) is 12.3 Å². The minimum atomic E-state index is -0.121. The highest BCUT2D eigenvalue weighted by Gasteiger charge is 2.24. The Hall–Kier alpha value is -2.10. The van der Waals surface area contributed by atoms with E-state index >= 15 is 0 Å². The molecular formula is C20H29N3O. The molecule has 0 saturated carbocycles. The highest BCUT2D eigenvalue weighted by molar-refractivity contribution is 5.85. The van der Waals surface area contributed by atoms with Crippen LogP contribution in [0, 0.1) is 0 Å². The third-order valence-electron chi connectivity index (χ3n) is 4.11. The average molecular weight is 327 g/mol. The Morgan fingerprint density at radius 1 is 1.12 bits per heavy atom. The lowest BCUT2D eigenvalue weighted by molar-refractivity contribution is 0.444. The number of nitrogens with zero attached hydrogens (tertiary/aromatic N) is 2. The molecule has 0 aliphatic rings. The lowest BCUT2D eigenvalue weighted by Crippen LogP contribution is -2.17. The summed E-state index contributed by atoms with van der Waals surface area (Å²) in [7, 11) is 0. The van der Waals surface area contributed by atoms with Gasteiger partial charge in [0.15, 0.2) is 0 Å². The molecule has 2 N–H and O–H groups in total. The van der Waals surface area contributed by atoms with Gasteiger partial charge in [-0.3, -0.25) is 4.99 Å². The average Bonchev–Trinajstić information content (AvgIpc) is 2.95. The van der Waals surface area contributed by atoms with E-state index in [-0.39, 0.29) is 10.8 Å². The standard InChI is InChI=1S/C20H29N3O/c1-19(2,3)15-9-14(18(24)17(10-15)20(4,5)6)11-21-8-7-16-12-22-13-23-16/h9-13,24H,7-8H2,1-6H3,(H,22,23). The molecule has 1 aromatic heterocycles. The van der Waals surface area contributed by atoms with E-state index in [1.165, 1.54) is 5.56 Å². The number of aliphatic imine (C=N–C) groups is 1. The summed E-state index contributed by atoms with van der Waals surface area (Å²) in [6, 6.07) is 4.17. The molecule has 0 saturated heterocycles. The van der Waals surface area contributed by atoms with Crippen molar-refractivity contribution in [2.75, 3.05) is 6.54 Å². The van der Waals surface area contributed by atoms with E-state index in [1.54, 1.807) is 12.5 Å². The number of aromatic hydroxyl groups is 1. The van der Waals surface area contributed by atoms with Crippen molar-refractivity contribution in [1.29, 1.82) is 0 Å². The number of phenolic OH excluding ortho intramolecular Hbond substituents is 1. The molecule has 0 amide bonds. The Kier molecular flexibility index (Phi) is 5.16. The monoisotopic (exact) mass is 327 g/mol. The SMILES string of the molecule is CC(C)(C)c1cc(C=NCCc2cnc[nH]2)c(O)c(C(C)(C)C)c1. The van der Waals surface area contributed by atoms with Crippen LogP contribution < -0.4 is 0 Å². The van der Waals surface area contributed by atoms with Crippen LogP contribution in [0.4, 0.5) is 0 Å². The summed E-state index contributed by atoms with van der Waals surface area (Å²) in [6.45, 7) is 13.6. The summed E-state index contributed by atoms with van der Waals surface area (Å²) in [5.41, 5.74) is 3.92. The quantitative estimate of drug-likeness (QED) is 0.819. The third-order valence-corrected chi connectivity index (χ3v) is 4.11. The van der Waals surface area contributed by atoms with Crippen LogP contribution in [-0.4, -0.2) is 27.8 Å². The van der Waals surface area contributed by atoms with E-state index < -0.39 is 0 Å². The predicted molar refractivity (Wildman–Crippen MR) is 100 cm³/mol. The number of aromatic amines is 1. The Bertz CT molecular complexity index is 702. The van der Waals surface area contributed by atoms with Gasteiger partial charge < -0.3 is 10.1 Å². The van der Waals surface area contributed by atoms with Gasteiger partial charge in [0.1, 0.15) is 5.75 Å². The number of benzene rings is 1. The molecule has 4 heteroatoms. The number of phenols is 1. The van der Waals surface area contributed by atoms with Crippen molar-refractivity contribution in [1.82, 2.24) is 9.97 Å². The normalized spacial score (nSPS) is 12.9. The Labute approximate surface area is 145 Å². The van der Waals surface area contributed by atoms with Crippen LogP contribution >= 0.6 is 0 Å². The number of hydrogen-bond donors (Lipinski definition) is 2. The summed E-state index contributed by atoms with van der Waals surface area (Å²) >= 11 is 0. The van der Waals surface area contributed by atoms with E-state index in [1.807, 2.05) is 12.3 Å². The summed E-state index contributed by atoms with van der Waals surface area (Å²) in [6.07, 6.45) is 6.08. The molecule has 0 unspecified atom stereocenters. The van der Waals surface area contributed by atoms with Gasteiger partial charge in [-0.2, -0.15) is 0 Å². The van der Waals surface area contributed by atoms with Gasteiger partial charge in [0.05, 0.1) is 6.33 Å². The van der Waals surface area contributed by atoms with Gasteiger partial charge in [0, 0.05) is 42.2 Å². The molecule has 2 rings (SSSR count). The maximum absolute atomic E-state index is 10.7. The number of rotatable bonds is 4. The second kappa shape index (κ2) is 6.80. The minimum absolute atomic E-state index is 0.0200. The lowest BCUT2D eigenvalue weighted by Gasteiger charge is -2.27. The van der Waals surface area contributed by atoms with Crippen molar-refractivity contribution in [3.05, 3.63) is 47.0 Å². The van der Waals surface area contributed by atoms with E-state index in [0.717, 1.165) is 23.2 Å². The van der Waals surface area contributed by atoms with Crippen LogP contribution in [0.5, 0.6) is 5.75 Å². The zero-order chi connectivity index (χ0) is 18.0. The van der Waals surface area contributed by atoms with Crippen molar-refractivity contribution in [3.63, 3.8) is 0 Å². The highest BCUT2D eigenvalue weighted by Crippen LogP contribution is 2.37. The number of imidazole rings is 1. The van der Waals surface area contributed by atoms with Gasteiger partial charge in [0.25, 0.3) is 0 Å². The van der Waals surface area contributed by atoms with Crippen molar-refractivity contribution in [3.8, 4) is 5.75 Å². The second-order valence-electron chi connectivity index (χ2n) is 8.32. The van der Waals surface area contributed by atoms with Gasteiger partial charge in [-0.1, -0.05) is 47.6 Å². The van der Waals surface area contributed by atoms with Crippen LogP contribution in [0.2, 0.25) is 0 Å². The van der Waals surface area contributed by atoms with Crippen LogP contribution in [0.15, 0.2) is 29.6 Å². The first-order valence-corrected chi connectivity index (χ1v) is 8.44. The van der Waals surface area contributed by atoms with Crippen molar-refractivity contribution >= 4 is 6.21 Å². The number of H-pyrrole nitrogens is 1. The zero-order valence-corrected chi connectivity index (χ0v) is 15.6. The smallest absolute Gasteiger partial charge is 0.128 e. The Morgan fingerprint density at radius 2 is 1.83 bits per heavy atom. The van der Waals surface area contributed by atoms with Crippen LogP contribution in [0.25, 0.3) is 0 Å². The molecule has 0 bridgehead atoms. The Balaban J connectivity index is 2.30. The summed E-state index contributed by atoms with van der Waals surface area (Å²) in [5.74, 6) is 0.334. The van der Waals surface area contributed by atoms with E-state index in [9.17, 15) is 5.11 Å². The summed E-state index contributed by atoms with van der Waals surface area (Å²) < 4.78 is 0. The van der Waals surface area contributed by atoms with Crippen LogP contribution in [-0.2, 0) is 17.3 Å². The molecule has 0 atom stereocenters. The van der Waals surface area contributed by atoms with Gasteiger partial charge in [-0.15, -0.1) is 0 Å². The second-order valence-corrected chi connectivity index (χ2v) is 8.32. The van der Waals surface area contributed by atoms with Gasteiger partial charge >= 0.3 is 0 Å². The fraction of sp³-hybridized carbons (Fsp3) is 0.500. The van der Waals surface area contributed by atoms with Gasteiger partial charge in [-0.25, -0.2) is 4.98 Å². The lowest BCUT2D eigenvalue weighted by atomic mass is 9.79. The topological polar surface area (TPSA) is 61.3 Å². The maximum Gasteiger partial charge on any atom is 0.128 e. The molecule has 24 heavy (non-hydrogen) atoms. The molecule has 0 aliphatic heterocycles. The summed E-state index contributed by atoms with van der Waals surface area (Å²) in [4.78, 5) is 11.6. The first-order chi connectivity index (χ1) is 11.1. The molecule has 0 fully saturated rings. The molecular weight excluding hydrogens is 298 g/mol. The van der Waals surface area contributed by atoms with Crippen molar-refractivity contribution in [2.45, 2.75) is 58.8 Å². The fourth-order valence-corrected chi connectivity index (χ4v) is 2.53. The molecule has 1 aromatic carbocycles. The molecule has 2 aromatic rings. The molecule has 4 nitrogen and oxygen atoms in total. The number of hydrogen-bond acceptors (Lipinski definition) is 3. The first-order valence-electron chi connectivity index (χ1n) is 8.44. The Morgan fingerprint density at radius 3 is 2.38 bits per heavy atom. The molecule has 130 valence electrons. The third kappa shape index (κ3) is 4.47. The minimum Gasteiger partial charge on any atom is -0.507 e. The molecule has 1 heterocycles. The van der Waals surface area contributed by atoms with Gasteiger partial charge in [0.2, 0.25) is 0 Å². The van der Waals surface area contributed by atoms with Crippen molar-refractivity contribution < 1.29 is 5.11 Å². The highest BCUT2D eigenvalue weighted by atomic mass is 16.3. The largest absolute Gasteiger partial charge is 0.507 e. The molecule has 0 spiro atoms. The zero-order valence-electron chi connectivity index (χ0n) is 15.6. The fourth-order valence-electron chi connectivity index (χ4n) is 2.53. The first kappa shape index (κ1) is 18.2. The van der Waals surface area contributed by atoms with Crippen LogP contribution in [0.3, 0.4) is 0 Å². The molecule has 0 radical (unpaired) electrons. The molecule has 0 aliphatic carbocycles. The number of nitrogens with one attached hydrogen (secondary N) is 1. The predicted octanol–water partition coefficient (Wildman–Crippen LogP) is 4.37. The van der Waals surface area contributed by atoms with Gasteiger partial charge in [-0.05, 0) is 22.5 Å². The number of aromatic nitrogens is 2. The van der Waals surface area contributed by atoms with Crippen molar-refractivity contribution in [2.24, 2.45) is 4.99 Å². The maximum atomic E-state index is 10.7.